The maximum absolute atomic E-state index is 15.2. The molecule has 0 atom stereocenters. The van der Waals surface area contributed by atoms with Crippen molar-refractivity contribution in [3.8, 4) is 10.9 Å². The molecule has 1 aliphatic heterocycles. The van der Waals surface area contributed by atoms with Crippen LogP contribution in [0.5, 0.6) is 10.9 Å². The molecular weight excluding hydrogens is 581 g/mol. The van der Waals surface area contributed by atoms with E-state index in [0.29, 0.717) is 36.2 Å². The lowest BCUT2D eigenvalue weighted by Crippen LogP contribution is -2.35. The van der Waals surface area contributed by atoms with Crippen LogP contribution in [0.1, 0.15) is 59.9 Å². The number of nitrogens with one attached hydrogen (secondary N) is 1. The molecule has 1 N–H and O–H groups in total. The summed E-state index contributed by atoms with van der Waals surface area (Å²) in [7, 11) is 1.47. The molecule has 236 valence electrons. The van der Waals surface area contributed by atoms with Gasteiger partial charge in [-0.25, -0.2) is 4.39 Å². The fourth-order valence-electron chi connectivity index (χ4n) is 4.06. The zero-order valence-electron chi connectivity index (χ0n) is 26.5. The molecule has 2 heterocycles. The number of rotatable bonds is 15. The summed E-state index contributed by atoms with van der Waals surface area (Å²) >= 11 is 1.11. The zero-order valence-corrected chi connectivity index (χ0v) is 27.3. The SMILES string of the molecule is C\C=C(/C=C\C(COc1nnc(NC(=O)C(/C=C/CC)=C(/C=C(C)C)c2c(F)cccc2OC)s1)=C(\C)CC)OC1COC1. The van der Waals surface area contributed by atoms with Crippen LogP contribution in [0.15, 0.2) is 82.7 Å². The first-order valence-electron chi connectivity index (χ1n) is 14.6. The van der Waals surface area contributed by atoms with Crippen molar-refractivity contribution < 1.29 is 28.1 Å². The zero-order chi connectivity index (χ0) is 32.1. The van der Waals surface area contributed by atoms with Gasteiger partial charge in [-0.1, -0.05) is 60.5 Å². The minimum absolute atomic E-state index is 0.0801. The number of anilines is 1. The van der Waals surface area contributed by atoms with Crippen LogP contribution in [-0.4, -0.2) is 49.1 Å². The van der Waals surface area contributed by atoms with Gasteiger partial charge in [-0.3, -0.25) is 10.1 Å². The third-order valence-electron chi connectivity index (χ3n) is 6.65. The first-order valence-corrected chi connectivity index (χ1v) is 15.5. The number of carbonyl (C=O) groups excluding carboxylic acids is 1. The van der Waals surface area contributed by atoms with Crippen LogP contribution < -0.4 is 14.8 Å². The molecule has 8 nitrogen and oxygen atoms in total. The van der Waals surface area contributed by atoms with E-state index in [1.165, 1.54) is 13.2 Å². The number of methoxy groups -OCH3 is 1. The number of carbonyl (C=O) groups is 1. The summed E-state index contributed by atoms with van der Waals surface area (Å²) in [5.41, 5.74) is 3.90. The molecule has 0 spiro atoms. The van der Waals surface area contributed by atoms with E-state index in [1.54, 1.807) is 24.3 Å². The molecule has 1 saturated heterocycles. The van der Waals surface area contributed by atoms with E-state index in [2.05, 4.69) is 29.4 Å². The Morgan fingerprint density at radius 3 is 2.55 bits per heavy atom. The van der Waals surface area contributed by atoms with E-state index in [9.17, 15) is 4.79 Å². The molecule has 1 aromatic carbocycles. The van der Waals surface area contributed by atoms with Gasteiger partial charge in [0.1, 0.15) is 30.0 Å². The number of amides is 1. The Morgan fingerprint density at radius 2 is 1.93 bits per heavy atom. The summed E-state index contributed by atoms with van der Waals surface area (Å²) in [4.78, 5) is 13.7. The van der Waals surface area contributed by atoms with Gasteiger partial charge in [-0.05, 0) is 81.7 Å². The average molecular weight is 624 g/mol. The van der Waals surface area contributed by atoms with E-state index >= 15 is 4.39 Å². The van der Waals surface area contributed by atoms with Gasteiger partial charge in [-0.2, -0.15) is 0 Å². The predicted molar refractivity (Wildman–Crippen MR) is 174 cm³/mol. The number of nitrogens with zero attached hydrogens (tertiary/aromatic N) is 2. The Labute approximate surface area is 263 Å². The maximum Gasteiger partial charge on any atom is 0.296 e. The van der Waals surface area contributed by atoms with Crippen molar-refractivity contribution >= 4 is 27.9 Å². The van der Waals surface area contributed by atoms with Crippen LogP contribution in [0.2, 0.25) is 0 Å². The van der Waals surface area contributed by atoms with Crippen LogP contribution in [0, 0.1) is 5.82 Å². The summed E-state index contributed by atoms with van der Waals surface area (Å²) in [5, 5.41) is 11.6. The van der Waals surface area contributed by atoms with E-state index < -0.39 is 11.7 Å². The second-order valence-electron chi connectivity index (χ2n) is 10.3. The molecule has 1 amide bonds. The highest BCUT2D eigenvalue weighted by Crippen LogP contribution is 2.34. The van der Waals surface area contributed by atoms with Crippen molar-refractivity contribution in [2.75, 3.05) is 32.2 Å². The summed E-state index contributed by atoms with van der Waals surface area (Å²) in [5.74, 6) is 0.132. The minimum atomic E-state index is -0.496. The van der Waals surface area contributed by atoms with E-state index in [0.717, 1.165) is 40.2 Å². The first-order chi connectivity index (χ1) is 21.2. The third-order valence-corrected chi connectivity index (χ3v) is 7.40. The second-order valence-corrected chi connectivity index (χ2v) is 11.2. The number of ether oxygens (including phenoxy) is 4. The predicted octanol–water partition coefficient (Wildman–Crippen LogP) is 7.99. The lowest BCUT2D eigenvalue weighted by atomic mass is 9.95. The van der Waals surface area contributed by atoms with Gasteiger partial charge in [0.05, 0.1) is 25.9 Å². The first kappa shape index (κ1) is 34.5. The normalized spacial score (nSPS) is 15.0. The molecule has 0 unspecified atom stereocenters. The molecule has 0 aliphatic carbocycles. The van der Waals surface area contributed by atoms with Crippen LogP contribution in [0.4, 0.5) is 9.52 Å². The molecule has 1 fully saturated rings. The highest BCUT2D eigenvalue weighted by atomic mass is 32.1. The monoisotopic (exact) mass is 623 g/mol. The highest BCUT2D eigenvalue weighted by Gasteiger charge is 2.22. The van der Waals surface area contributed by atoms with Crippen LogP contribution in [0.25, 0.3) is 5.57 Å². The summed E-state index contributed by atoms with van der Waals surface area (Å²) < 4.78 is 37.7. The summed E-state index contributed by atoms with van der Waals surface area (Å²) in [6.07, 6.45) is 12.7. The fourth-order valence-corrected chi connectivity index (χ4v) is 4.65. The summed E-state index contributed by atoms with van der Waals surface area (Å²) in [6.45, 7) is 13.3. The fraction of sp³-hybridized carbons (Fsp3) is 0.382. The topological polar surface area (TPSA) is 91.8 Å². The minimum Gasteiger partial charge on any atom is -0.496 e. The number of benzene rings is 1. The number of hydrogen-bond acceptors (Lipinski definition) is 8. The summed E-state index contributed by atoms with van der Waals surface area (Å²) in [6, 6.07) is 4.58. The number of allylic oxidation sites excluding steroid dienone is 7. The van der Waals surface area contributed by atoms with Gasteiger partial charge in [0.25, 0.3) is 11.1 Å². The van der Waals surface area contributed by atoms with Gasteiger partial charge >= 0.3 is 0 Å². The van der Waals surface area contributed by atoms with Crippen LogP contribution >= 0.6 is 11.3 Å². The Kier molecular flexibility index (Phi) is 13.6. The van der Waals surface area contributed by atoms with Crippen molar-refractivity contribution in [3.63, 3.8) is 0 Å². The quantitative estimate of drug-likeness (QED) is 0.122. The van der Waals surface area contributed by atoms with Crippen LogP contribution in [0.3, 0.4) is 0 Å². The molecule has 0 radical (unpaired) electrons. The van der Waals surface area contributed by atoms with Gasteiger partial charge in [-0.15, -0.1) is 5.10 Å². The number of hydrogen-bond donors (Lipinski definition) is 1. The highest BCUT2D eigenvalue weighted by molar-refractivity contribution is 7.17. The van der Waals surface area contributed by atoms with Crippen molar-refractivity contribution in [1.29, 1.82) is 0 Å². The Morgan fingerprint density at radius 1 is 1.16 bits per heavy atom. The Balaban J connectivity index is 1.83. The molecule has 1 aromatic heterocycles. The average Bonchev–Trinajstić information content (AvgIpc) is 3.43. The number of halogens is 1. The second kappa shape index (κ2) is 17.3. The number of aromatic nitrogens is 2. The van der Waals surface area contributed by atoms with Crippen molar-refractivity contribution in [3.05, 3.63) is 94.1 Å². The molecule has 1 aliphatic rings. The maximum atomic E-state index is 15.2. The van der Waals surface area contributed by atoms with Gasteiger partial charge in [0.15, 0.2) is 0 Å². The molecule has 44 heavy (non-hydrogen) atoms. The molecule has 0 bridgehead atoms. The van der Waals surface area contributed by atoms with Gasteiger partial charge in [0, 0.05) is 11.1 Å². The molecule has 0 saturated carbocycles. The van der Waals surface area contributed by atoms with E-state index in [-0.39, 0.29) is 29.0 Å². The smallest absolute Gasteiger partial charge is 0.296 e. The lowest BCUT2D eigenvalue weighted by molar-refractivity contribution is -0.112. The molecular formula is C34H42FN3O5S. The Hall–Kier alpha value is -4.02. The van der Waals surface area contributed by atoms with Gasteiger partial charge < -0.3 is 18.9 Å². The van der Waals surface area contributed by atoms with Gasteiger partial charge in [0.2, 0.25) is 5.13 Å². The van der Waals surface area contributed by atoms with E-state index in [1.807, 2.05) is 52.0 Å². The van der Waals surface area contributed by atoms with Crippen molar-refractivity contribution in [2.24, 2.45) is 0 Å². The van der Waals surface area contributed by atoms with Crippen LogP contribution in [-0.2, 0) is 14.3 Å². The molecule has 3 rings (SSSR count). The molecule has 10 heteroatoms. The van der Waals surface area contributed by atoms with Crippen molar-refractivity contribution in [1.82, 2.24) is 10.2 Å². The largest absolute Gasteiger partial charge is 0.496 e. The molecule has 2 aromatic rings. The standard InChI is InChI=1S/C34H42FN3O5S/c1-8-11-13-27(28(18-22(4)5)31-29(35)14-12-15-30(31)40-7)32(39)36-33-37-38-34(44-33)42-19-24(23(6)9-2)16-17-25(10-3)43-26-20-41-21-26/h10-18,26H,8-9,19-21H2,1-7H3,(H,36,37,39)/b13-11+,17-16-,24-23+,25-10+,28-27-. The van der Waals surface area contributed by atoms with E-state index in [4.69, 9.17) is 18.9 Å². The third kappa shape index (κ3) is 9.75. The lowest BCUT2D eigenvalue weighted by Gasteiger charge is -2.27. The van der Waals surface area contributed by atoms with Crippen molar-refractivity contribution in [2.45, 2.75) is 60.5 Å². The Bertz CT molecular complexity index is 1480.